The molecule has 0 saturated heterocycles. The summed E-state index contributed by atoms with van der Waals surface area (Å²) in [7, 11) is -3.86. The number of thiophene rings is 1. The Kier molecular flexibility index (Phi) is 6.60. The molecule has 0 amide bonds. The van der Waals surface area contributed by atoms with Crippen LogP contribution in [0.25, 0.3) is 0 Å². The lowest BCUT2D eigenvalue weighted by Gasteiger charge is -2.27. The van der Waals surface area contributed by atoms with Gasteiger partial charge in [0.2, 0.25) is 0 Å². The Labute approximate surface area is 191 Å². The Morgan fingerprint density at radius 3 is 2.57 bits per heavy atom. The fraction of sp³-hybridized carbons (Fsp3) is 0.333. The standard InChI is InChI=1S/C18H20IN3O6S2/c1-4-11(12-6-9(3)7-28-12)22(19)14-13(16(24)17(14)25)21-10-8-29-18(15(10)23)30(26,27)20-5-2/h6-8,11,20-21,23H,4-5H2,1-3H3/t11-/m1/s1. The molecule has 0 saturated carbocycles. The van der Waals surface area contributed by atoms with Crippen LogP contribution in [0, 0.1) is 6.92 Å². The molecule has 0 aliphatic heterocycles. The van der Waals surface area contributed by atoms with Gasteiger partial charge in [0, 0.05) is 11.9 Å². The van der Waals surface area contributed by atoms with Crippen molar-refractivity contribution in [3.05, 3.63) is 49.5 Å². The molecule has 3 N–H and O–H groups in total. The Morgan fingerprint density at radius 1 is 1.30 bits per heavy atom. The molecule has 1 aromatic carbocycles. The highest BCUT2D eigenvalue weighted by atomic mass is 127. The molecule has 9 nitrogen and oxygen atoms in total. The lowest BCUT2D eigenvalue weighted by Crippen LogP contribution is -2.39. The van der Waals surface area contributed by atoms with Crippen LogP contribution in [0.4, 0.5) is 17.1 Å². The number of hydrogen-bond donors (Lipinski definition) is 3. The first-order chi connectivity index (χ1) is 14.1. The van der Waals surface area contributed by atoms with Crippen molar-refractivity contribution in [3.8, 4) is 5.75 Å². The maximum Gasteiger partial charge on any atom is 0.254 e. The molecule has 0 radical (unpaired) electrons. The highest BCUT2D eigenvalue weighted by Gasteiger charge is 2.32. The van der Waals surface area contributed by atoms with E-state index < -0.39 is 26.6 Å². The van der Waals surface area contributed by atoms with E-state index in [0.29, 0.717) is 12.2 Å². The van der Waals surface area contributed by atoms with Gasteiger partial charge in [-0.15, -0.1) is 11.3 Å². The molecule has 0 spiro atoms. The average molecular weight is 565 g/mol. The van der Waals surface area contributed by atoms with Crippen LogP contribution in [-0.4, -0.2) is 20.1 Å². The lowest BCUT2D eigenvalue weighted by atomic mass is 10.1. The van der Waals surface area contributed by atoms with Gasteiger partial charge in [-0.3, -0.25) is 12.7 Å². The monoisotopic (exact) mass is 565 g/mol. The number of rotatable bonds is 9. The number of halogens is 1. The van der Waals surface area contributed by atoms with E-state index in [4.69, 9.17) is 4.42 Å². The second-order valence-corrected chi connectivity index (χ2v) is 10.4. The Balaban J connectivity index is 1.94. The summed E-state index contributed by atoms with van der Waals surface area (Å²) in [5.74, 6) is 0.148. The summed E-state index contributed by atoms with van der Waals surface area (Å²) in [6.45, 7) is 5.60. The summed E-state index contributed by atoms with van der Waals surface area (Å²) in [5, 5.41) is 14.5. The molecule has 0 aliphatic rings. The Bertz CT molecular complexity index is 1240. The Hall–Kier alpha value is -1.90. The van der Waals surface area contributed by atoms with Crippen LogP contribution in [0.3, 0.4) is 0 Å². The third-order valence-corrected chi connectivity index (χ3v) is 8.62. The van der Waals surface area contributed by atoms with E-state index >= 15 is 0 Å². The maximum atomic E-state index is 12.3. The predicted molar refractivity (Wildman–Crippen MR) is 124 cm³/mol. The minimum atomic E-state index is -3.86. The van der Waals surface area contributed by atoms with E-state index in [1.165, 1.54) is 5.38 Å². The van der Waals surface area contributed by atoms with Crippen molar-refractivity contribution in [3.63, 3.8) is 0 Å². The van der Waals surface area contributed by atoms with Gasteiger partial charge in [-0.2, -0.15) is 0 Å². The molecule has 2 aromatic heterocycles. The molecule has 30 heavy (non-hydrogen) atoms. The van der Waals surface area contributed by atoms with Crippen molar-refractivity contribution in [2.75, 3.05) is 15.0 Å². The van der Waals surface area contributed by atoms with Crippen LogP contribution in [0.15, 0.2) is 35.9 Å². The van der Waals surface area contributed by atoms with Gasteiger partial charge in [-0.25, -0.2) is 13.1 Å². The average Bonchev–Trinajstić information content (AvgIpc) is 3.27. The highest BCUT2D eigenvalue weighted by Crippen LogP contribution is 2.41. The first-order valence-corrected chi connectivity index (χ1v) is 12.4. The first-order valence-electron chi connectivity index (χ1n) is 9.02. The molecule has 162 valence electrons. The number of anilines is 3. The molecule has 3 aromatic rings. The normalized spacial score (nSPS) is 12.9. The zero-order valence-corrected chi connectivity index (χ0v) is 20.1. The van der Waals surface area contributed by atoms with Crippen molar-refractivity contribution in [2.45, 2.75) is 37.4 Å². The topological polar surface area (TPSA) is 129 Å². The minimum absolute atomic E-state index is 0.00312. The summed E-state index contributed by atoms with van der Waals surface area (Å²) in [4.78, 5) is 24.5. The van der Waals surface area contributed by atoms with Crippen molar-refractivity contribution in [1.82, 2.24) is 4.72 Å². The molecular weight excluding hydrogens is 545 g/mol. The van der Waals surface area contributed by atoms with Crippen LogP contribution in [0.1, 0.15) is 37.6 Å². The number of nitrogens with zero attached hydrogens (tertiary/aromatic N) is 1. The lowest BCUT2D eigenvalue weighted by molar-refractivity contribution is 0.464. The molecule has 0 bridgehead atoms. The Morgan fingerprint density at radius 2 is 2.00 bits per heavy atom. The third kappa shape index (κ3) is 4.00. The third-order valence-electron chi connectivity index (χ3n) is 4.41. The number of furan rings is 1. The van der Waals surface area contributed by atoms with Crippen LogP contribution in [0.5, 0.6) is 5.75 Å². The van der Waals surface area contributed by atoms with Crippen LogP contribution < -0.4 is 24.0 Å². The van der Waals surface area contributed by atoms with E-state index in [-0.39, 0.29) is 33.9 Å². The van der Waals surface area contributed by atoms with Crippen LogP contribution in [0.2, 0.25) is 0 Å². The van der Waals surface area contributed by atoms with Gasteiger partial charge in [0.25, 0.3) is 20.9 Å². The van der Waals surface area contributed by atoms with Crippen molar-refractivity contribution >= 4 is 61.3 Å². The van der Waals surface area contributed by atoms with E-state index in [9.17, 15) is 23.1 Å². The zero-order valence-electron chi connectivity index (χ0n) is 16.4. The summed E-state index contributed by atoms with van der Waals surface area (Å²) in [6.07, 6.45) is 2.22. The van der Waals surface area contributed by atoms with Gasteiger partial charge in [-0.05, 0) is 25.0 Å². The van der Waals surface area contributed by atoms with Gasteiger partial charge in [0.05, 0.1) is 40.9 Å². The van der Waals surface area contributed by atoms with Gasteiger partial charge in [0.1, 0.15) is 17.1 Å². The second-order valence-electron chi connectivity index (χ2n) is 6.56. The van der Waals surface area contributed by atoms with E-state index in [0.717, 1.165) is 16.9 Å². The van der Waals surface area contributed by atoms with Gasteiger partial charge >= 0.3 is 0 Å². The van der Waals surface area contributed by atoms with Crippen molar-refractivity contribution < 1.29 is 17.9 Å². The fourth-order valence-electron chi connectivity index (χ4n) is 2.96. The molecule has 0 fully saturated rings. The fourth-order valence-corrected chi connectivity index (χ4v) is 6.41. The number of sulfonamides is 1. The summed E-state index contributed by atoms with van der Waals surface area (Å²) in [6, 6.07) is 1.57. The quantitative estimate of drug-likeness (QED) is 0.205. The summed E-state index contributed by atoms with van der Waals surface area (Å²) < 4.78 is 33.6. The predicted octanol–water partition coefficient (Wildman–Crippen LogP) is 3.30. The van der Waals surface area contributed by atoms with Crippen molar-refractivity contribution in [1.29, 1.82) is 0 Å². The summed E-state index contributed by atoms with van der Waals surface area (Å²) >= 11 is 2.76. The van der Waals surface area contributed by atoms with Gasteiger partial charge in [-0.1, -0.05) is 13.8 Å². The van der Waals surface area contributed by atoms with E-state index in [1.54, 1.807) is 16.3 Å². The molecule has 0 unspecified atom stereocenters. The molecular formula is C18H20IN3O6S2. The highest BCUT2D eigenvalue weighted by molar-refractivity contribution is 14.1. The van der Waals surface area contributed by atoms with Crippen LogP contribution in [-0.2, 0) is 10.0 Å². The number of aromatic hydroxyl groups is 1. The van der Waals surface area contributed by atoms with E-state index in [1.807, 2.05) is 42.8 Å². The van der Waals surface area contributed by atoms with Crippen LogP contribution >= 0.6 is 34.2 Å². The second kappa shape index (κ2) is 8.69. The number of nitrogens with one attached hydrogen (secondary N) is 2. The summed E-state index contributed by atoms with van der Waals surface area (Å²) in [5.41, 5.74) is -0.284. The maximum absolute atomic E-state index is 12.3. The smallest absolute Gasteiger partial charge is 0.254 e. The minimum Gasteiger partial charge on any atom is -0.504 e. The molecule has 0 aliphatic carbocycles. The first kappa shape index (κ1) is 22.8. The zero-order chi connectivity index (χ0) is 22.2. The SMILES string of the molecule is CCNS(=O)(=O)c1scc(Nc2c(N(I)[C@H](CC)c3cc(C)co3)c(=O)c2=O)c1O. The largest absolute Gasteiger partial charge is 0.504 e. The van der Waals surface area contributed by atoms with Crippen molar-refractivity contribution in [2.24, 2.45) is 0 Å². The van der Waals surface area contributed by atoms with Gasteiger partial charge in [0.15, 0.2) is 9.96 Å². The van der Waals surface area contributed by atoms with Gasteiger partial charge < -0.3 is 14.8 Å². The number of aryl methyl sites for hydroxylation is 1. The molecule has 3 rings (SSSR count). The van der Waals surface area contributed by atoms with E-state index in [2.05, 4.69) is 10.0 Å². The number of hydrogen-bond acceptors (Lipinski definition) is 9. The molecule has 12 heteroatoms. The molecule has 2 heterocycles. The molecule has 1 atom stereocenters.